The van der Waals surface area contributed by atoms with E-state index in [1.807, 2.05) is 12.1 Å². The second-order valence-electron chi connectivity index (χ2n) is 7.91. The molecule has 2 saturated heterocycles. The second kappa shape index (κ2) is 11.6. The fraction of sp³-hybridized carbons (Fsp3) is 0.727. The second-order valence-corrected chi connectivity index (χ2v) is 7.91. The van der Waals surface area contributed by atoms with Gasteiger partial charge in [-0.15, -0.1) is 0 Å². The first-order valence-electron chi connectivity index (χ1n) is 10.7. The van der Waals surface area contributed by atoms with Crippen LogP contribution in [0.15, 0.2) is 18.2 Å². The zero-order valence-electron chi connectivity index (χ0n) is 17.3. The number of rotatable bonds is 8. The Labute approximate surface area is 169 Å². The van der Waals surface area contributed by atoms with Gasteiger partial charge >= 0.3 is 0 Å². The number of hydrogen-bond acceptors (Lipinski definition) is 6. The van der Waals surface area contributed by atoms with Gasteiger partial charge in [0.05, 0.1) is 13.7 Å². The van der Waals surface area contributed by atoms with Crippen LogP contribution < -0.4 is 9.47 Å². The van der Waals surface area contributed by atoms with Crippen LogP contribution in [-0.2, 0) is 11.3 Å². The maximum atomic E-state index is 10.4. The smallest absolute Gasteiger partial charge is 0.161 e. The highest BCUT2D eigenvalue weighted by molar-refractivity contribution is 5.43. The number of β-amino-alcohol motifs (C(OH)–C–C–N with tert-alkyl or cyclic N) is 1. The summed E-state index contributed by atoms with van der Waals surface area (Å²) >= 11 is 0. The lowest BCUT2D eigenvalue weighted by atomic mass is 10.2. The summed E-state index contributed by atoms with van der Waals surface area (Å²) in [6, 6.07) is 6.09. The van der Waals surface area contributed by atoms with Crippen molar-refractivity contribution in [3.8, 4) is 11.5 Å². The van der Waals surface area contributed by atoms with Crippen LogP contribution in [0.4, 0.5) is 0 Å². The van der Waals surface area contributed by atoms with E-state index < -0.39 is 6.10 Å². The first kappa shape index (κ1) is 21.4. The van der Waals surface area contributed by atoms with Gasteiger partial charge in [0.2, 0.25) is 0 Å². The van der Waals surface area contributed by atoms with Gasteiger partial charge in [-0.05, 0) is 50.0 Å². The minimum atomic E-state index is -0.486. The van der Waals surface area contributed by atoms with E-state index in [1.54, 1.807) is 7.11 Å². The predicted octanol–water partition coefficient (Wildman–Crippen LogP) is 2.53. The first-order valence-corrected chi connectivity index (χ1v) is 10.7. The number of hydrogen-bond donors (Lipinski definition) is 1. The Morgan fingerprint density at radius 1 is 0.964 bits per heavy atom. The molecule has 2 aliphatic rings. The van der Waals surface area contributed by atoms with Crippen LogP contribution in [0.25, 0.3) is 0 Å². The van der Waals surface area contributed by atoms with Crippen molar-refractivity contribution in [3.63, 3.8) is 0 Å². The molecule has 2 heterocycles. The van der Waals surface area contributed by atoms with Gasteiger partial charge in [-0.1, -0.05) is 18.9 Å². The molecule has 0 aromatic heterocycles. The van der Waals surface area contributed by atoms with Gasteiger partial charge in [-0.2, -0.15) is 0 Å². The van der Waals surface area contributed by atoms with Crippen molar-refractivity contribution < 1.29 is 19.3 Å². The third-order valence-electron chi connectivity index (χ3n) is 5.55. The van der Waals surface area contributed by atoms with Gasteiger partial charge in [-0.3, -0.25) is 4.90 Å². The highest BCUT2D eigenvalue weighted by Crippen LogP contribution is 2.29. The maximum absolute atomic E-state index is 10.4. The number of nitrogens with zero attached hydrogens (tertiary/aromatic N) is 2. The summed E-state index contributed by atoms with van der Waals surface area (Å²) in [4.78, 5) is 4.76. The van der Waals surface area contributed by atoms with Crippen molar-refractivity contribution in [2.45, 2.75) is 44.8 Å². The van der Waals surface area contributed by atoms with Gasteiger partial charge in [0.15, 0.2) is 11.5 Å². The molecule has 1 aromatic carbocycles. The van der Waals surface area contributed by atoms with E-state index in [9.17, 15) is 5.11 Å². The summed E-state index contributed by atoms with van der Waals surface area (Å²) in [5.74, 6) is 1.42. The molecule has 0 spiro atoms. The van der Waals surface area contributed by atoms with Crippen LogP contribution >= 0.6 is 0 Å². The van der Waals surface area contributed by atoms with E-state index in [2.05, 4.69) is 15.9 Å². The third kappa shape index (κ3) is 6.92. The highest BCUT2D eigenvalue weighted by Gasteiger charge is 2.16. The van der Waals surface area contributed by atoms with Crippen molar-refractivity contribution in [3.05, 3.63) is 23.8 Å². The van der Waals surface area contributed by atoms with Gasteiger partial charge in [0.25, 0.3) is 0 Å². The van der Waals surface area contributed by atoms with E-state index >= 15 is 0 Å². The van der Waals surface area contributed by atoms with E-state index in [1.165, 1.54) is 31.2 Å². The number of benzene rings is 1. The Bertz CT molecular complexity index is 568. The molecule has 3 rings (SSSR count). The van der Waals surface area contributed by atoms with Crippen LogP contribution in [0.1, 0.15) is 37.7 Å². The SMILES string of the molecule is COc1cc(CN2CCCOCC2)ccc1OC[C@@H](O)CN1CCCCCC1. The molecule has 6 nitrogen and oxygen atoms in total. The van der Waals surface area contributed by atoms with Crippen LogP contribution in [-0.4, -0.2) is 80.7 Å². The fourth-order valence-electron chi connectivity index (χ4n) is 4.00. The molecule has 0 aliphatic carbocycles. The van der Waals surface area contributed by atoms with Crippen LogP contribution in [0.2, 0.25) is 0 Å². The molecule has 2 fully saturated rings. The van der Waals surface area contributed by atoms with Crippen molar-refractivity contribution >= 4 is 0 Å². The van der Waals surface area contributed by atoms with Crippen molar-refractivity contribution in [2.75, 3.05) is 59.7 Å². The van der Waals surface area contributed by atoms with Gasteiger partial charge in [0.1, 0.15) is 12.7 Å². The summed E-state index contributed by atoms with van der Waals surface area (Å²) in [7, 11) is 1.67. The summed E-state index contributed by atoms with van der Waals surface area (Å²) in [6.45, 7) is 7.68. The summed E-state index contributed by atoms with van der Waals surface area (Å²) in [5, 5.41) is 10.4. The Kier molecular flexibility index (Phi) is 8.86. The zero-order valence-corrected chi connectivity index (χ0v) is 17.3. The molecule has 1 atom stereocenters. The zero-order chi connectivity index (χ0) is 19.6. The van der Waals surface area contributed by atoms with Crippen molar-refractivity contribution in [1.29, 1.82) is 0 Å². The minimum absolute atomic E-state index is 0.287. The van der Waals surface area contributed by atoms with E-state index in [0.717, 1.165) is 58.1 Å². The lowest BCUT2D eigenvalue weighted by Crippen LogP contribution is -2.36. The van der Waals surface area contributed by atoms with E-state index in [-0.39, 0.29) is 6.61 Å². The molecule has 6 heteroatoms. The number of aliphatic hydroxyl groups excluding tert-OH is 1. The number of methoxy groups -OCH3 is 1. The number of likely N-dealkylation sites (tertiary alicyclic amines) is 1. The van der Waals surface area contributed by atoms with Gasteiger partial charge < -0.3 is 24.2 Å². The normalized spacial score (nSPS) is 20.9. The number of ether oxygens (including phenoxy) is 3. The monoisotopic (exact) mass is 392 g/mol. The average molecular weight is 393 g/mol. The Morgan fingerprint density at radius 3 is 2.54 bits per heavy atom. The third-order valence-corrected chi connectivity index (χ3v) is 5.55. The molecule has 0 unspecified atom stereocenters. The standard InChI is InChI=1S/C22H36N2O4/c1-26-22-15-19(16-24-11-6-13-27-14-12-24)7-8-21(22)28-18-20(25)17-23-9-4-2-3-5-10-23/h7-8,15,20,25H,2-6,9-14,16-18H2,1H3/t20-/m0/s1. The summed E-state index contributed by atoms with van der Waals surface area (Å²) in [5.41, 5.74) is 1.20. The van der Waals surface area contributed by atoms with Crippen molar-refractivity contribution in [2.24, 2.45) is 0 Å². The molecule has 1 N–H and O–H groups in total. The van der Waals surface area contributed by atoms with Crippen molar-refractivity contribution in [1.82, 2.24) is 9.80 Å². The molecule has 28 heavy (non-hydrogen) atoms. The molecule has 0 bridgehead atoms. The Balaban J connectivity index is 1.50. The van der Waals surface area contributed by atoms with Crippen LogP contribution in [0, 0.1) is 0 Å². The molecule has 158 valence electrons. The Hall–Kier alpha value is -1.34. The number of aliphatic hydroxyl groups is 1. The molecule has 1 aromatic rings. The topological polar surface area (TPSA) is 54.4 Å². The quantitative estimate of drug-likeness (QED) is 0.734. The molecule has 0 amide bonds. The largest absolute Gasteiger partial charge is 0.493 e. The fourth-order valence-corrected chi connectivity index (χ4v) is 4.00. The maximum Gasteiger partial charge on any atom is 0.161 e. The van der Waals surface area contributed by atoms with Crippen LogP contribution in [0.3, 0.4) is 0 Å². The van der Waals surface area contributed by atoms with E-state index in [0.29, 0.717) is 12.3 Å². The average Bonchev–Trinajstić information content (AvgIpc) is 3.12. The highest BCUT2D eigenvalue weighted by atomic mass is 16.5. The van der Waals surface area contributed by atoms with Gasteiger partial charge in [-0.25, -0.2) is 0 Å². The van der Waals surface area contributed by atoms with E-state index in [4.69, 9.17) is 14.2 Å². The first-order chi connectivity index (χ1) is 13.7. The lowest BCUT2D eigenvalue weighted by molar-refractivity contribution is 0.0683. The summed E-state index contributed by atoms with van der Waals surface area (Å²) < 4.78 is 17.0. The molecule has 2 aliphatic heterocycles. The Morgan fingerprint density at radius 2 is 1.75 bits per heavy atom. The molecular weight excluding hydrogens is 356 g/mol. The molecule has 0 radical (unpaired) electrons. The van der Waals surface area contributed by atoms with Gasteiger partial charge in [0, 0.05) is 32.8 Å². The van der Waals surface area contributed by atoms with Crippen LogP contribution in [0.5, 0.6) is 11.5 Å². The molecule has 0 saturated carbocycles. The molecular formula is C22H36N2O4. The minimum Gasteiger partial charge on any atom is -0.493 e. The predicted molar refractivity (Wildman–Crippen MR) is 110 cm³/mol. The lowest BCUT2D eigenvalue weighted by Gasteiger charge is -2.23. The summed E-state index contributed by atoms with van der Waals surface area (Å²) in [6.07, 6.45) is 5.65.